The van der Waals surface area contributed by atoms with Gasteiger partial charge in [0.15, 0.2) is 23.3 Å². The van der Waals surface area contributed by atoms with Crippen LogP contribution in [0.5, 0.6) is 0 Å². The number of rotatable bonds is 6. The summed E-state index contributed by atoms with van der Waals surface area (Å²) in [6.07, 6.45) is 0. The lowest BCUT2D eigenvalue weighted by atomic mass is 10.2. The smallest absolute Gasteiger partial charge is 0.269 e. The van der Waals surface area contributed by atoms with Gasteiger partial charge in [-0.15, -0.1) is 0 Å². The molecule has 0 radical (unpaired) electrons. The van der Waals surface area contributed by atoms with Crippen LogP contribution in [0.25, 0.3) is 0 Å². The lowest BCUT2D eigenvalue weighted by Gasteiger charge is -2.12. The molecule has 0 aliphatic rings. The number of halogens is 5. The van der Waals surface area contributed by atoms with Gasteiger partial charge in [0.25, 0.3) is 15.9 Å². The van der Waals surface area contributed by atoms with Crippen molar-refractivity contribution in [3.8, 4) is 0 Å². The molecule has 3 aromatic carbocycles. The van der Waals surface area contributed by atoms with Crippen molar-refractivity contribution >= 4 is 43.2 Å². The van der Waals surface area contributed by atoms with Crippen LogP contribution in [0.2, 0.25) is 0 Å². The summed E-state index contributed by atoms with van der Waals surface area (Å²) in [4.78, 5) is 12.0. The molecule has 0 fully saturated rings. The van der Waals surface area contributed by atoms with Gasteiger partial charge >= 0.3 is 0 Å². The Morgan fingerprint density at radius 3 is 2.10 bits per heavy atom. The molecular weight excluding hydrogens is 506 g/mol. The molecule has 0 heterocycles. The highest BCUT2D eigenvalue weighted by atomic mass is 79.9. The zero-order valence-corrected chi connectivity index (χ0v) is 17.6. The molecule has 0 saturated heterocycles. The minimum Gasteiger partial charge on any atom is -0.293 e. The summed E-state index contributed by atoms with van der Waals surface area (Å²) >= 11 is 3.23. The number of hydrogen-bond donors (Lipinski definition) is 3. The second kappa shape index (κ2) is 8.94. The summed E-state index contributed by atoms with van der Waals surface area (Å²) in [6.45, 7) is 0. The molecule has 31 heavy (non-hydrogen) atoms. The van der Waals surface area contributed by atoms with Crippen molar-refractivity contribution in [3.05, 3.63) is 87.9 Å². The third kappa shape index (κ3) is 5.14. The van der Waals surface area contributed by atoms with Crippen molar-refractivity contribution in [1.29, 1.82) is 0 Å². The van der Waals surface area contributed by atoms with E-state index < -0.39 is 44.9 Å². The number of amides is 1. The predicted octanol–water partition coefficient (Wildman–Crippen LogP) is 4.56. The van der Waals surface area contributed by atoms with Crippen LogP contribution < -0.4 is 15.6 Å². The van der Waals surface area contributed by atoms with Gasteiger partial charge in [0.1, 0.15) is 5.69 Å². The second-order valence-electron chi connectivity index (χ2n) is 6.06. The van der Waals surface area contributed by atoms with Crippen LogP contribution in [-0.4, -0.2) is 14.3 Å². The van der Waals surface area contributed by atoms with Gasteiger partial charge in [-0.2, -0.15) is 0 Å². The average molecular weight is 518 g/mol. The fourth-order valence-corrected chi connectivity index (χ4v) is 3.78. The number of carbonyl (C=O) groups excluding carboxylic acids is 1. The Morgan fingerprint density at radius 1 is 0.871 bits per heavy atom. The highest BCUT2D eigenvalue weighted by Gasteiger charge is 2.21. The fraction of sp³-hybridized carbons (Fsp3) is 0. The Morgan fingerprint density at radius 2 is 1.48 bits per heavy atom. The van der Waals surface area contributed by atoms with E-state index in [4.69, 9.17) is 0 Å². The molecule has 0 aliphatic carbocycles. The molecule has 0 aromatic heterocycles. The third-order valence-electron chi connectivity index (χ3n) is 3.92. The molecule has 3 rings (SSSR count). The summed E-state index contributed by atoms with van der Waals surface area (Å²) in [5.74, 6) is -7.82. The van der Waals surface area contributed by atoms with Crippen molar-refractivity contribution in [3.63, 3.8) is 0 Å². The first-order chi connectivity index (χ1) is 14.6. The van der Waals surface area contributed by atoms with E-state index in [1.807, 2.05) is 5.43 Å². The summed E-state index contributed by atoms with van der Waals surface area (Å²) < 4.78 is 82.0. The van der Waals surface area contributed by atoms with Gasteiger partial charge in [-0.05, 0) is 42.5 Å². The largest absolute Gasteiger partial charge is 0.293 e. The molecule has 12 heteroatoms. The molecule has 0 bridgehead atoms. The van der Waals surface area contributed by atoms with Crippen molar-refractivity contribution in [2.45, 2.75) is 4.90 Å². The normalized spacial score (nSPS) is 11.1. The molecule has 162 valence electrons. The Bertz CT molecular complexity index is 1230. The fourth-order valence-electron chi connectivity index (χ4n) is 2.41. The maximum atomic E-state index is 13.7. The number of hydrogen-bond acceptors (Lipinski definition) is 4. The average Bonchev–Trinajstić information content (AvgIpc) is 2.74. The van der Waals surface area contributed by atoms with E-state index in [1.165, 1.54) is 30.3 Å². The molecule has 0 spiro atoms. The van der Waals surface area contributed by atoms with Gasteiger partial charge in [0.2, 0.25) is 0 Å². The SMILES string of the molecule is O=C(NNc1c(F)c(F)cc(F)c1F)c1cccc(S(=O)(=O)Nc2ccc(Br)cc2)c1. The van der Waals surface area contributed by atoms with Crippen LogP contribution >= 0.6 is 15.9 Å². The zero-order valence-electron chi connectivity index (χ0n) is 15.2. The summed E-state index contributed by atoms with van der Waals surface area (Å²) in [7, 11) is -4.06. The predicted molar refractivity (Wildman–Crippen MR) is 109 cm³/mol. The van der Waals surface area contributed by atoms with Gasteiger partial charge in [0.05, 0.1) is 4.90 Å². The van der Waals surface area contributed by atoms with Crippen LogP contribution in [-0.2, 0) is 10.0 Å². The number of carbonyl (C=O) groups is 1. The second-order valence-corrected chi connectivity index (χ2v) is 8.66. The van der Waals surface area contributed by atoms with Crippen LogP contribution in [0, 0.1) is 23.3 Å². The summed E-state index contributed by atoms with van der Waals surface area (Å²) in [5.41, 5.74) is 2.46. The van der Waals surface area contributed by atoms with E-state index in [0.717, 1.165) is 10.5 Å². The van der Waals surface area contributed by atoms with Gasteiger partial charge in [-0.1, -0.05) is 22.0 Å². The first kappa shape index (κ1) is 22.6. The van der Waals surface area contributed by atoms with E-state index in [2.05, 4.69) is 20.7 Å². The number of sulfonamides is 1. The summed E-state index contributed by atoms with van der Waals surface area (Å²) in [5, 5.41) is 0. The van der Waals surface area contributed by atoms with E-state index in [-0.39, 0.29) is 22.2 Å². The maximum absolute atomic E-state index is 13.7. The van der Waals surface area contributed by atoms with E-state index >= 15 is 0 Å². The Balaban J connectivity index is 1.78. The molecule has 3 N–H and O–H groups in total. The van der Waals surface area contributed by atoms with E-state index in [1.54, 1.807) is 17.6 Å². The van der Waals surface area contributed by atoms with Crippen LogP contribution in [0.1, 0.15) is 10.4 Å². The first-order valence-electron chi connectivity index (χ1n) is 8.36. The number of nitrogens with one attached hydrogen (secondary N) is 3. The Hall–Kier alpha value is -3.12. The van der Waals surface area contributed by atoms with Crippen molar-refractivity contribution in [2.24, 2.45) is 0 Å². The van der Waals surface area contributed by atoms with E-state index in [0.29, 0.717) is 0 Å². The molecule has 0 unspecified atom stereocenters. The maximum Gasteiger partial charge on any atom is 0.269 e. The Labute approximate surface area is 182 Å². The Kier molecular flexibility index (Phi) is 6.51. The van der Waals surface area contributed by atoms with Crippen LogP contribution in [0.3, 0.4) is 0 Å². The van der Waals surface area contributed by atoms with Crippen LogP contribution in [0.4, 0.5) is 28.9 Å². The zero-order chi connectivity index (χ0) is 22.8. The lowest BCUT2D eigenvalue weighted by molar-refractivity contribution is 0.0962. The molecular formula is C19H12BrF4N3O3S. The molecule has 0 saturated carbocycles. The molecule has 1 amide bonds. The van der Waals surface area contributed by atoms with Crippen molar-refractivity contribution in [2.75, 3.05) is 10.1 Å². The molecule has 6 nitrogen and oxygen atoms in total. The van der Waals surface area contributed by atoms with Gasteiger partial charge < -0.3 is 0 Å². The van der Waals surface area contributed by atoms with Crippen molar-refractivity contribution < 1.29 is 30.8 Å². The standard InChI is InChI=1S/C19H12BrF4N3O3S/c20-11-4-6-12(7-5-11)27-31(29,30)13-3-1-2-10(8-13)19(28)26-25-18-16(23)14(21)9-15(22)17(18)24/h1-9,25,27H,(H,26,28). The van der Waals surface area contributed by atoms with Crippen LogP contribution in [0.15, 0.2) is 64.0 Å². The first-order valence-corrected chi connectivity index (χ1v) is 10.6. The quantitative estimate of drug-likeness (QED) is 0.254. The van der Waals surface area contributed by atoms with Crippen molar-refractivity contribution in [1.82, 2.24) is 5.43 Å². The summed E-state index contributed by atoms with van der Waals surface area (Å²) in [6, 6.07) is 11.0. The molecule has 0 atom stereocenters. The van der Waals surface area contributed by atoms with E-state index in [9.17, 15) is 30.8 Å². The highest BCUT2D eigenvalue weighted by molar-refractivity contribution is 9.10. The van der Waals surface area contributed by atoms with Gasteiger partial charge in [0, 0.05) is 21.8 Å². The molecule has 0 aliphatic heterocycles. The lowest BCUT2D eigenvalue weighted by Crippen LogP contribution is -2.31. The number of benzene rings is 3. The van der Waals surface area contributed by atoms with Gasteiger partial charge in [-0.3, -0.25) is 20.4 Å². The molecule has 3 aromatic rings. The topological polar surface area (TPSA) is 87.3 Å². The minimum absolute atomic E-state index is 0.0183. The minimum atomic E-state index is -4.06. The third-order valence-corrected chi connectivity index (χ3v) is 5.82. The monoisotopic (exact) mass is 517 g/mol. The number of anilines is 2. The highest BCUT2D eigenvalue weighted by Crippen LogP contribution is 2.24. The van der Waals surface area contributed by atoms with Gasteiger partial charge in [-0.25, -0.2) is 26.0 Å². The number of hydrazine groups is 1.